The molecular weight excluding hydrogens is 384 g/mol. The molecule has 0 saturated carbocycles. The Kier molecular flexibility index (Phi) is 5.52. The molecule has 30 heavy (non-hydrogen) atoms. The summed E-state index contributed by atoms with van der Waals surface area (Å²) in [4.78, 5) is 31.8. The lowest BCUT2D eigenvalue weighted by Gasteiger charge is -2.42. The molecule has 1 aromatic carbocycles. The van der Waals surface area contributed by atoms with Crippen LogP contribution in [0.25, 0.3) is 0 Å². The largest absolute Gasteiger partial charge is 0.383 e. The minimum absolute atomic E-state index is 0.166. The van der Waals surface area contributed by atoms with Gasteiger partial charge in [-0.25, -0.2) is 9.69 Å². The second-order valence-electron chi connectivity index (χ2n) is 8.34. The Bertz CT molecular complexity index is 887. The van der Waals surface area contributed by atoms with Gasteiger partial charge in [-0.05, 0) is 31.9 Å². The second kappa shape index (κ2) is 7.98. The van der Waals surface area contributed by atoms with E-state index in [9.17, 15) is 9.59 Å². The van der Waals surface area contributed by atoms with Gasteiger partial charge < -0.3 is 9.64 Å². The average molecular weight is 415 g/mol. The van der Waals surface area contributed by atoms with Crippen LogP contribution < -0.4 is 5.32 Å². The molecule has 9 heteroatoms. The van der Waals surface area contributed by atoms with Crippen molar-refractivity contribution in [1.82, 2.24) is 25.0 Å². The van der Waals surface area contributed by atoms with Crippen molar-refractivity contribution < 1.29 is 14.3 Å². The van der Waals surface area contributed by atoms with Crippen molar-refractivity contribution in [1.29, 1.82) is 0 Å². The maximum absolute atomic E-state index is 13.6. The molecule has 0 radical (unpaired) electrons. The van der Waals surface area contributed by atoms with E-state index in [1.54, 1.807) is 19.1 Å². The van der Waals surface area contributed by atoms with Crippen molar-refractivity contribution in [3.63, 3.8) is 0 Å². The molecule has 0 aromatic heterocycles. The first-order valence-electron chi connectivity index (χ1n) is 10.3. The summed E-state index contributed by atoms with van der Waals surface area (Å²) in [6, 6.07) is 5.37. The summed E-state index contributed by atoms with van der Waals surface area (Å²) in [5, 5.41) is 9.98. The summed E-state index contributed by atoms with van der Waals surface area (Å²) < 4.78 is 5.21. The van der Waals surface area contributed by atoms with Gasteiger partial charge in [-0.15, -0.1) is 0 Å². The molecule has 1 N–H and O–H groups in total. The van der Waals surface area contributed by atoms with Crippen LogP contribution in [-0.4, -0.2) is 89.7 Å². The van der Waals surface area contributed by atoms with E-state index in [-0.39, 0.29) is 24.8 Å². The minimum atomic E-state index is -0.460. The van der Waals surface area contributed by atoms with Crippen LogP contribution in [0, 0.1) is 13.8 Å². The van der Waals surface area contributed by atoms with Gasteiger partial charge >= 0.3 is 6.03 Å². The van der Waals surface area contributed by atoms with Crippen LogP contribution in [0.1, 0.15) is 23.6 Å². The monoisotopic (exact) mass is 414 g/mol. The number of carbonyl (C=O) groups excluding carboxylic acids is 2. The molecule has 4 rings (SSSR count). The van der Waals surface area contributed by atoms with Crippen molar-refractivity contribution in [2.75, 3.05) is 33.9 Å². The fourth-order valence-electron chi connectivity index (χ4n) is 4.49. The van der Waals surface area contributed by atoms with Crippen LogP contribution in [0.5, 0.6) is 0 Å². The molecule has 2 fully saturated rings. The van der Waals surface area contributed by atoms with Gasteiger partial charge in [0, 0.05) is 26.4 Å². The zero-order chi connectivity index (χ0) is 21.6. The Labute approximate surface area is 177 Å². The van der Waals surface area contributed by atoms with E-state index < -0.39 is 12.2 Å². The molecule has 1 aromatic rings. The van der Waals surface area contributed by atoms with Crippen LogP contribution in [-0.2, 0) is 16.1 Å². The third-order valence-corrected chi connectivity index (χ3v) is 6.11. The lowest BCUT2D eigenvalue weighted by atomic mass is 10.0. The molecule has 3 aliphatic heterocycles. The van der Waals surface area contributed by atoms with Crippen molar-refractivity contribution in [2.45, 2.75) is 45.8 Å². The van der Waals surface area contributed by atoms with E-state index in [2.05, 4.69) is 15.3 Å². The molecule has 0 aliphatic carbocycles. The van der Waals surface area contributed by atoms with Gasteiger partial charge in [0.1, 0.15) is 12.2 Å². The molecule has 162 valence electrons. The molecule has 3 amide bonds. The number of hydrogen-bond acceptors (Lipinski definition) is 7. The molecule has 3 atom stereocenters. The van der Waals surface area contributed by atoms with Gasteiger partial charge in [0.25, 0.3) is 5.91 Å². The number of likely N-dealkylation sites (N-methyl/N-ethyl adjacent to an activating group) is 1. The number of ether oxygens (including phenoxy) is 1. The summed E-state index contributed by atoms with van der Waals surface area (Å²) in [5.74, 6) is -0.166. The van der Waals surface area contributed by atoms with Crippen LogP contribution >= 0.6 is 0 Å². The van der Waals surface area contributed by atoms with Gasteiger partial charge in [-0.2, -0.15) is 5.10 Å². The highest BCUT2D eigenvalue weighted by Gasteiger charge is 2.56. The summed E-state index contributed by atoms with van der Waals surface area (Å²) in [5.41, 5.74) is 4.10. The third kappa shape index (κ3) is 3.46. The number of benzene rings is 1. The highest BCUT2D eigenvalue weighted by atomic mass is 16.5. The van der Waals surface area contributed by atoms with Crippen molar-refractivity contribution in [3.05, 3.63) is 34.9 Å². The molecule has 0 bridgehead atoms. The number of fused-ring (bicyclic) bond motifs is 3. The zero-order valence-corrected chi connectivity index (χ0v) is 18.3. The van der Waals surface area contributed by atoms with Gasteiger partial charge in [-0.1, -0.05) is 23.8 Å². The normalized spacial score (nSPS) is 26.8. The zero-order valence-electron chi connectivity index (χ0n) is 18.3. The van der Waals surface area contributed by atoms with E-state index in [1.165, 1.54) is 4.90 Å². The number of methoxy groups -OCH3 is 1. The van der Waals surface area contributed by atoms with Crippen molar-refractivity contribution >= 4 is 17.6 Å². The fraction of sp³-hybridized carbons (Fsp3) is 0.571. The van der Waals surface area contributed by atoms with Crippen LogP contribution in [0.15, 0.2) is 23.3 Å². The predicted octanol–water partition coefficient (Wildman–Crippen LogP) is 0.919. The molecule has 2 saturated heterocycles. The van der Waals surface area contributed by atoms with Gasteiger partial charge in [0.15, 0.2) is 6.29 Å². The van der Waals surface area contributed by atoms with E-state index in [0.717, 1.165) is 22.4 Å². The van der Waals surface area contributed by atoms with Gasteiger partial charge in [-0.3, -0.25) is 20.0 Å². The molecular formula is C21H30N6O3. The standard InChI is InChI=1S/C21H30N6O3/c1-13-6-7-14(2)16(10-13)12-26-19(28)17-18(24(4)21(26)29)22-20-25(17)11-15(3)23-27(20)8-9-30-5/h6-7,10,17-18,20,22H,8-9,11-12H2,1-5H3. The number of hydrogen-bond donors (Lipinski definition) is 1. The fourth-order valence-corrected chi connectivity index (χ4v) is 4.49. The van der Waals surface area contributed by atoms with E-state index in [1.807, 2.05) is 44.0 Å². The second-order valence-corrected chi connectivity index (χ2v) is 8.34. The predicted molar refractivity (Wildman–Crippen MR) is 113 cm³/mol. The minimum Gasteiger partial charge on any atom is -0.383 e. The van der Waals surface area contributed by atoms with Crippen molar-refractivity contribution in [2.24, 2.45) is 5.10 Å². The molecule has 3 unspecified atom stereocenters. The summed E-state index contributed by atoms with van der Waals surface area (Å²) >= 11 is 0. The Morgan fingerprint density at radius 1 is 1.23 bits per heavy atom. The van der Waals surface area contributed by atoms with Crippen LogP contribution in [0.4, 0.5) is 4.79 Å². The highest BCUT2D eigenvalue weighted by molar-refractivity contribution is 6.01. The lowest BCUT2D eigenvalue weighted by Crippen LogP contribution is -2.66. The number of urea groups is 1. The maximum atomic E-state index is 13.6. The summed E-state index contributed by atoms with van der Waals surface area (Å²) in [7, 11) is 3.41. The van der Waals surface area contributed by atoms with E-state index in [0.29, 0.717) is 19.7 Å². The third-order valence-electron chi connectivity index (χ3n) is 6.11. The first kappa shape index (κ1) is 20.8. The number of hydrazone groups is 1. The van der Waals surface area contributed by atoms with Crippen LogP contribution in [0.2, 0.25) is 0 Å². The van der Waals surface area contributed by atoms with Crippen molar-refractivity contribution in [3.8, 4) is 0 Å². The molecule has 0 spiro atoms. The van der Waals surface area contributed by atoms with Gasteiger partial charge in [0.05, 0.1) is 19.7 Å². The number of aryl methyl sites for hydroxylation is 2. The SMILES string of the molecule is COCCN1N=C(C)CN2C3C(=O)N(Cc4cc(C)ccc4C)C(=O)N(C)C3NC12. The lowest BCUT2D eigenvalue weighted by molar-refractivity contribution is -0.139. The highest BCUT2D eigenvalue weighted by Crippen LogP contribution is 2.31. The quantitative estimate of drug-likeness (QED) is 0.772. The Morgan fingerprint density at radius 2 is 2.00 bits per heavy atom. The topological polar surface area (TPSA) is 80.7 Å². The molecule has 3 aliphatic rings. The first-order chi connectivity index (χ1) is 14.3. The Balaban J connectivity index is 1.62. The van der Waals surface area contributed by atoms with E-state index in [4.69, 9.17) is 4.74 Å². The van der Waals surface area contributed by atoms with Gasteiger partial charge in [0.2, 0.25) is 0 Å². The first-order valence-corrected chi connectivity index (χ1v) is 10.3. The summed E-state index contributed by atoms with van der Waals surface area (Å²) in [6.45, 7) is 7.95. The Hall–Kier alpha value is -2.49. The van der Waals surface area contributed by atoms with E-state index >= 15 is 0 Å². The smallest absolute Gasteiger partial charge is 0.328 e. The molecule has 9 nitrogen and oxygen atoms in total. The summed E-state index contributed by atoms with van der Waals surface area (Å²) in [6.07, 6.45) is -0.644. The van der Waals surface area contributed by atoms with Crippen LogP contribution in [0.3, 0.4) is 0 Å². The maximum Gasteiger partial charge on any atom is 0.328 e. The number of rotatable bonds is 5. The number of carbonyl (C=O) groups is 2. The number of imide groups is 1. The molecule has 3 heterocycles. The number of nitrogens with one attached hydrogen (secondary N) is 1. The Morgan fingerprint density at radius 3 is 2.73 bits per heavy atom. The number of nitrogens with zero attached hydrogens (tertiary/aromatic N) is 5. The number of amides is 3. The average Bonchev–Trinajstić information content (AvgIpc) is 3.09.